The molecule has 416 valence electrons. The van der Waals surface area contributed by atoms with E-state index >= 15 is 4.79 Å². The van der Waals surface area contributed by atoms with Gasteiger partial charge in [0.1, 0.15) is 0 Å². The first kappa shape index (κ1) is 53.0. The number of hydrogen-bond donors (Lipinski definition) is 3. The van der Waals surface area contributed by atoms with Gasteiger partial charge in [0, 0.05) is 39.8 Å². The van der Waals surface area contributed by atoms with Crippen molar-refractivity contribution in [2.24, 2.45) is 15.0 Å². The highest BCUT2D eigenvalue weighted by molar-refractivity contribution is 8.20. The van der Waals surface area contributed by atoms with Gasteiger partial charge >= 0.3 is 0 Å². The number of fused-ring (bicyclic) bond motifs is 3. The maximum absolute atomic E-state index is 15.0. The van der Waals surface area contributed by atoms with Gasteiger partial charge in [0.15, 0.2) is 15.5 Å². The lowest BCUT2D eigenvalue weighted by molar-refractivity contribution is -0.114. The van der Waals surface area contributed by atoms with Crippen LogP contribution in [-0.4, -0.2) is 53.2 Å². The van der Waals surface area contributed by atoms with E-state index in [4.69, 9.17) is 15.0 Å². The molecule has 3 aromatic heterocycles. The number of carbonyl (C=O) groups is 3. The van der Waals surface area contributed by atoms with E-state index in [0.29, 0.717) is 41.6 Å². The summed E-state index contributed by atoms with van der Waals surface area (Å²) in [6.45, 7) is 0. The summed E-state index contributed by atoms with van der Waals surface area (Å²) < 4.78 is 0. The fraction of sp³-hybridized carbons (Fsp3) is 0. The molecule has 15 rings (SSSR count). The van der Waals surface area contributed by atoms with Crippen LogP contribution in [0.15, 0.2) is 273 Å². The Morgan fingerprint density at radius 2 is 0.920 bits per heavy atom. The third kappa shape index (κ3) is 10.5. The average molecular weight is 1180 g/mol. The first-order valence-corrected chi connectivity index (χ1v) is 30.3. The number of rotatable bonds is 11. The summed E-state index contributed by atoms with van der Waals surface area (Å²) in [5, 5.41) is 3.58. The van der Waals surface area contributed by atoms with E-state index in [2.05, 4.69) is 38.1 Å². The first-order chi connectivity index (χ1) is 42.8. The summed E-state index contributed by atoms with van der Waals surface area (Å²) in [6, 6.07) is 72.6. The van der Waals surface area contributed by atoms with Gasteiger partial charge in [-0.1, -0.05) is 115 Å². The minimum Gasteiger partial charge on any atom is -0.361 e. The highest BCUT2D eigenvalue weighted by Gasteiger charge is 2.38. The van der Waals surface area contributed by atoms with Crippen LogP contribution in [0.4, 0.5) is 34.1 Å². The van der Waals surface area contributed by atoms with Crippen molar-refractivity contribution in [1.29, 1.82) is 0 Å². The van der Waals surface area contributed by atoms with Gasteiger partial charge in [-0.05, 0) is 191 Å². The van der Waals surface area contributed by atoms with E-state index in [0.717, 1.165) is 94.5 Å². The molecule has 0 bridgehead atoms. The number of nitrogens with zero attached hydrogens (tertiary/aromatic N) is 7. The largest absolute Gasteiger partial charge is 0.361 e. The molecule has 87 heavy (non-hydrogen) atoms. The van der Waals surface area contributed by atoms with Crippen LogP contribution in [0.2, 0.25) is 0 Å². The highest BCUT2D eigenvalue weighted by Crippen LogP contribution is 2.43. The number of amidine groups is 3. The molecule has 9 aromatic carbocycles. The van der Waals surface area contributed by atoms with Crippen molar-refractivity contribution >= 4 is 154 Å². The topological polar surface area (TPSA) is 158 Å². The lowest BCUT2D eigenvalue weighted by Gasteiger charge is -2.17. The number of aromatic nitrogens is 4. The molecule has 0 aliphatic carbocycles. The Balaban J connectivity index is 0.760. The lowest BCUT2D eigenvalue weighted by Crippen LogP contribution is -2.28. The molecule has 0 saturated carbocycles. The summed E-state index contributed by atoms with van der Waals surface area (Å²) in [4.78, 5) is 79.8. The predicted molar refractivity (Wildman–Crippen MR) is 360 cm³/mol. The van der Waals surface area contributed by atoms with E-state index in [1.807, 2.05) is 237 Å². The zero-order valence-corrected chi connectivity index (χ0v) is 48.4. The van der Waals surface area contributed by atoms with Gasteiger partial charge in [-0.2, -0.15) is 0 Å². The Morgan fingerprint density at radius 1 is 0.402 bits per heavy atom. The number of benzene rings is 9. The van der Waals surface area contributed by atoms with Gasteiger partial charge in [0.2, 0.25) is 0 Å². The fourth-order valence-electron chi connectivity index (χ4n) is 10.8. The zero-order valence-electron chi connectivity index (χ0n) is 45.9. The van der Waals surface area contributed by atoms with Gasteiger partial charge < -0.3 is 15.0 Å². The smallest absolute Gasteiger partial charge is 0.271 e. The van der Waals surface area contributed by atoms with Gasteiger partial charge in [-0.15, -0.1) is 0 Å². The predicted octanol–water partition coefficient (Wildman–Crippen LogP) is 17.3. The molecule has 13 nitrogen and oxygen atoms in total. The van der Waals surface area contributed by atoms with Crippen molar-refractivity contribution in [2.45, 2.75) is 0 Å². The Kier molecular flexibility index (Phi) is 13.8. The first-order valence-electron chi connectivity index (χ1n) is 27.8. The number of carbonyl (C=O) groups excluding carboxylic acids is 3. The molecular formula is C71H46N10O3S3. The highest BCUT2D eigenvalue weighted by atomic mass is 32.2. The second-order valence-corrected chi connectivity index (χ2v) is 23.6. The SMILES string of the molecule is O=C1/C(=C/c2cc(-c3cccc(N=C4S/C(=C\c5ccc6[nH]cnc6c5)C(=O)N4c4cccc(-c5c[nH]c6cc(/C=C7\SC(=Nc8ccccc8)N(c8ccccc8)C7=O)ccc56)c4)c3)c3[nH]ccc3c2)SC(=Nc2ccccc2)N1c1ccccc1. The normalized spacial score (nSPS) is 17.4. The molecule has 16 heteroatoms. The van der Waals surface area contributed by atoms with E-state index in [9.17, 15) is 9.59 Å². The van der Waals surface area contributed by atoms with Crippen LogP contribution < -0.4 is 14.7 Å². The number of H-pyrrole nitrogens is 3. The molecule has 3 aliphatic heterocycles. The number of para-hydroxylation sites is 4. The molecule has 3 saturated heterocycles. The maximum atomic E-state index is 15.0. The second kappa shape index (κ2) is 22.7. The van der Waals surface area contributed by atoms with Gasteiger partial charge in [-0.25, -0.2) is 20.0 Å². The molecule has 0 radical (unpaired) electrons. The van der Waals surface area contributed by atoms with Crippen molar-refractivity contribution in [3.63, 3.8) is 0 Å². The van der Waals surface area contributed by atoms with Crippen molar-refractivity contribution in [3.05, 3.63) is 275 Å². The van der Waals surface area contributed by atoms with Gasteiger partial charge in [0.25, 0.3) is 17.7 Å². The van der Waals surface area contributed by atoms with Crippen molar-refractivity contribution in [2.75, 3.05) is 14.7 Å². The number of amides is 3. The summed E-state index contributed by atoms with van der Waals surface area (Å²) in [5.74, 6) is -0.529. The van der Waals surface area contributed by atoms with Crippen LogP contribution in [0.3, 0.4) is 0 Å². The Labute approximate surface area is 511 Å². The number of aliphatic imine (C=N–C) groups is 3. The third-order valence-electron chi connectivity index (χ3n) is 14.9. The molecule has 3 amide bonds. The number of nitrogens with one attached hydrogen (secondary N) is 3. The van der Waals surface area contributed by atoms with Crippen LogP contribution in [0.5, 0.6) is 0 Å². The van der Waals surface area contributed by atoms with Crippen LogP contribution in [0.25, 0.3) is 73.3 Å². The van der Waals surface area contributed by atoms with Crippen molar-refractivity contribution in [3.8, 4) is 22.3 Å². The molecular weight excluding hydrogens is 1140 g/mol. The minimum atomic E-state index is -0.219. The molecule has 0 atom stereocenters. The number of anilines is 3. The number of hydrogen-bond acceptors (Lipinski definition) is 10. The third-order valence-corrected chi connectivity index (χ3v) is 17.8. The molecule has 6 heterocycles. The number of aromatic amines is 3. The van der Waals surface area contributed by atoms with Crippen molar-refractivity contribution in [1.82, 2.24) is 19.9 Å². The van der Waals surface area contributed by atoms with Crippen LogP contribution >= 0.6 is 35.3 Å². The standard InChI is InChI=1S/C71H46N10O3S3/c82-66-62(85-69(76-50-17-5-1-6-18-50)79(66)53-22-9-3-10-23-53)37-44-27-29-56-58(42-73-60(56)35-44)48-16-14-26-55(41-48)81-68(84)63(38-45-28-30-59-61(36-45)75-43-74-59)86-71(81)78-52-21-13-15-47(40-52)57-34-46(33-49-31-32-72-65(49)57)39-64-67(83)80(54-24-11-4-12-25-54)70(87-64)77-51-19-7-2-8-20-51/h1-43,72-73H,(H,74,75)/b62-37-,63-38-,64-39-,76-69?,77-70?,78-71?. The van der Waals surface area contributed by atoms with Crippen LogP contribution in [0, 0.1) is 0 Å². The fourth-order valence-corrected chi connectivity index (χ4v) is 13.8. The van der Waals surface area contributed by atoms with Crippen LogP contribution in [-0.2, 0) is 14.4 Å². The Morgan fingerprint density at radius 3 is 1.55 bits per heavy atom. The Bertz CT molecular complexity index is 4930. The minimum absolute atomic E-state index is 0.150. The zero-order chi connectivity index (χ0) is 58.4. The summed E-state index contributed by atoms with van der Waals surface area (Å²) >= 11 is 4.01. The Hall–Kier alpha value is -10.8. The maximum Gasteiger partial charge on any atom is 0.271 e. The van der Waals surface area contributed by atoms with Crippen molar-refractivity contribution < 1.29 is 14.4 Å². The molecule has 12 aromatic rings. The summed E-state index contributed by atoms with van der Waals surface area (Å²) in [7, 11) is 0. The van der Waals surface area contributed by atoms with Gasteiger partial charge in [0.05, 0.1) is 71.7 Å². The lowest BCUT2D eigenvalue weighted by atomic mass is 9.99. The summed E-state index contributed by atoms with van der Waals surface area (Å²) in [6.07, 6.45) is 11.3. The molecule has 3 N–H and O–H groups in total. The van der Waals surface area contributed by atoms with E-state index in [-0.39, 0.29) is 17.7 Å². The van der Waals surface area contributed by atoms with E-state index < -0.39 is 0 Å². The number of thioether (sulfide) groups is 3. The number of imidazole rings is 1. The van der Waals surface area contributed by atoms with E-state index in [1.54, 1.807) is 21.0 Å². The van der Waals surface area contributed by atoms with Crippen LogP contribution in [0.1, 0.15) is 16.7 Å². The molecule has 3 fully saturated rings. The van der Waals surface area contributed by atoms with E-state index in [1.165, 1.54) is 35.3 Å². The second-order valence-electron chi connectivity index (χ2n) is 20.6. The molecule has 0 unspecified atom stereocenters. The molecule has 3 aliphatic rings. The summed E-state index contributed by atoms with van der Waals surface area (Å²) in [5.41, 5.74) is 13.9. The molecule has 0 spiro atoms. The quantitative estimate of drug-likeness (QED) is 0.109. The average Bonchev–Trinajstić information content (AvgIpc) is 2.92. The van der Waals surface area contributed by atoms with Gasteiger partial charge in [-0.3, -0.25) is 29.1 Å². The monoisotopic (exact) mass is 1180 g/mol.